The molecule has 1 aromatic carbocycles. The molecular weight excluding hydrogens is 404 g/mol. The normalized spacial score (nSPS) is 20.8. The topological polar surface area (TPSA) is 91.2 Å². The number of fused-ring (bicyclic) bond motifs is 1. The maximum atomic E-state index is 13.5. The van der Waals surface area contributed by atoms with Gasteiger partial charge in [-0.05, 0) is 43.5 Å². The molecule has 8 nitrogen and oxygen atoms in total. The van der Waals surface area contributed by atoms with Crippen LogP contribution >= 0.6 is 0 Å². The Bertz CT molecular complexity index is 1310. The summed E-state index contributed by atoms with van der Waals surface area (Å²) in [7, 11) is 0. The number of para-hydroxylation sites is 1. The molecule has 1 spiro atoms. The number of amides is 1. The average molecular weight is 428 g/mol. The van der Waals surface area contributed by atoms with Crippen molar-refractivity contribution in [2.45, 2.75) is 26.3 Å². The van der Waals surface area contributed by atoms with Crippen LogP contribution in [0.2, 0.25) is 0 Å². The Morgan fingerprint density at radius 3 is 2.94 bits per heavy atom. The van der Waals surface area contributed by atoms with Crippen molar-refractivity contribution >= 4 is 22.6 Å². The van der Waals surface area contributed by atoms with E-state index in [0.717, 1.165) is 42.8 Å². The lowest BCUT2D eigenvalue weighted by atomic mass is 9.85. The van der Waals surface area contributed by atoms with Gasteiger partial charge in [0.1, 0.15) is 5.82 Å². The van der Waals surface area contributed by atoms with Gasteiger partial charge >= 0.3 is 0 Å². The summed E-state index contributed by atoms with van der Waals surface area (Å²) >= 11 is 0. The van der Waals surface area contributed by atoms with Crippen molar-refractivity contribution in [3.05, 3.63) is 60.2 Å². The number of likely N-dealkylation sites (tertiary alicyclic amines) is 1. The summed E-state index contributed by atoms with van der Waals surface area (Å²) in [5.74, 6) is 2.19. The minimum Gasteiger partial charge on any atom is -0.361 e. The van der Waals surface area contributed by atoms with Crippen LogP contribution < -0.4 is 4.90 Å². The third kappa shape index (κ3) is 3.05. The molecule has 162 valence electrons. The largest absolute Gasteiger partial charge is 0.361 e. The molecule has 2 fully saturated rings. The molecule has 2 saturated heterocycles. The van der Waals surface area contributed by atoms with Gasteiger partial charge in [0.25, 0.3) is 5.89 Å². The second-order valence-corrected chi connectivity index (χ2v) is 8.84. The van der Waals surface area contributed by atoms with Crippen LogP contribution in [0, 0.1) is 12.3 Å². The fraction of sp³-hybridized carbons (Fsp3) is 0.333. The highest BCUT2D eigenvalue weighted by atomic mass is 16.5. The predicted octanol–water partition coefficient (Wildman–Crippen LogP) is 3.55. The van der Waals surface area contributed by atoms with E-state index in [1.165, 1.54) is 10.9 Å². The zero-order valence-electron chi connectivity index (χ0n) is 17.9. The van der Waals surface area contributed by atoms with Gasteiger partial charge in [-0.2, -0.15) is 4.98 Å². The quantitative estimate of drug-likeness (QED) is 0.535. The van der Waals surface area contributed by atoms with Gasteiger partial charge in [0.05, 0.1) is 5.41 Å². The van der Waals surface area contributed by atoms with Gasteiger partial charge < -0.3 is 19.3 Å². The molecule has 1 atom stereocenters. The molecule has 1 amide bonds. The maximum absolute atomic E-state index is 13.5. The van der Waals surface area contributed by atoms with Crippen LogP contribution in [0.4, 0.5) is 5.82 Å². The molecule has 5 heterocycles. The Morgan fingerprint density at radius 1 is 1.19 bits per heavy atom. The minimum absolute atomic E-state index is 0.258. The summed E-state index contributed by atoms with van der Waals surface area (Å²) in [4.78, 5) is 29.9. The van der Waals surface area contributed by atoms with E-state index < -0.39 is 0 Å². The van der Waals surface area contributed by atoms with Crippen molar-refractivity contribution in [3.63, 3.8) is 0 Å². The number of benzene rings is 1. The Balaban J connectivity index is 1.20. The molecule has 2 aliphatic heterocycles. The molecule has 8 heteroatoms. The van der Waals surface area contributed by atoms with E-state index in [1.54, 1.807) is 13.1 Å². The Kier molecular flexibility index (Phi) is 4.28. The SMILES string of the molecule is Cc1noc(-c2ccnc(N3CCC4(CCN(Cc5c[nH]c6ccccc56)C4=O)C3)c2)n1. The van der Waals surface area contributed by atoms with Crippen molar-refractivity contribution in [2.75, 3.05) is 24.5 Å². The second kappa shape index (κ2) is 7.19. The van der Waals surface area contributed by atoms with E-state index in [4.69, 9.17) is 4.52 Å². The first-order valence-electron chi connectivity index (χ1n) is 11.0. The van der Waals surface area contributed by atoms with Crippen molar-refractivity contribution in [3.8, 4) is 11.5 Å². The van der Waals surface area contributed by atoms with E-state index >= 15 is 0 Å². The summed E-state index contributed by atoms with van der Waals surface area (Å²) < 4.78 is 5.30. The standard InChI is InChI=1S/C24H24N6O2/c1-16-27-22(32-28-16)17-6-9-25-21(12-17)30-11-8-24(15-30)7-10-29(23(24)31)14-18-13-26-20-5-3-2-4-19(18)20/h2-6,9,12-13,26H,7-8,10-11,14-15H2,1H3. The van der Waals surface area contributed by atoms with Gasteiger partial charge in [0.2, 0.25) is 5.91 Å². The van der Waals surface area contributed by atoms with E-state index in [-0.39, 0.29) is 11.3 Å². The Morgan fingerprint density at radius 2 is 2.06 bits per heavy atom. The van der Waals surface area contributed by atoms with Crippen LogP contribution in [0.25, 0.3) is 22.4 Å². The lowest BCUT2D eigenvalue weighted by Gasteiger charge is -2.24. The van der Waals surface area contributed by atoms with Crippen LogP contribution in [0.1, 0.15) is 24.2 Å². The van der Waals surface area contributed by atoms with Gasteiger partial charge in [-0.25, -0.2) is 4.98 Å². The molecule has 0 saturated carbocycles. The third-order valence-corrected chi connectivity index (χ3v) is 6.84. The number of hydrogen-bond donors (Lipinski definition) is 1. The second-order valence-electron chi connectivity index (χ2n) is 8.84. The van der Waals surface area contributed by atoms with Crippen LogP contribution in [0.5, 0.6) is 0 Å². The number of nitrogens with one attached hydrogen (secondary N) is 1. The minimum atomic E-state index is -0.329. The van der Waals surface area contributed by atoms with E-state index in [9.17, 15) is 4.79 Å². The van der Waals surface area contributed by atoms with Gasteiger partial charge in [-0.15, -0.1) is 0 Å². The molecule has 4 aromatic rings. The predicted molar refractivity (Wildman–Crippen MR) is 120 cm³/mol. The number of pyridine rings is 1. The third-order valence-electron chi connectivity index (χ3n) is 6.84. The zero-order chi connectivity index (χ0) is 21.7. The van der Waals surface area contributed by atoms with E-state index in [2.05, 4.69) is 37.1 Å². The monoisotopic (exact) mass is 428 g/mol. The molecule has 2 aliphatic rings. The number of carbonyl (C=O) groups excluding carboxylic acids is 1. The van der Waals surface area contributed by atoms with Gasteiger partial charge in [-0.3, -0.25) is 4.79 Å². The number of aryl methyl sites for hydroxylation is 1. The van der Waals surface area contributed by atoms with Crippen LogP contribution in [0.3, 0.4) is 0 Å². The number of aromatic amines is 1. The number of carbonyl (C=O) groups is 1. The average Bonchev–Trinajstić information content (AvgIpc) is 3.60. The number of hydrogen-bond acceptors (Lipinski definition) is 6. The molecule has 32 heavy (non-hydrogen) atoms. The smallest absolute Gasteiger partial charge is 0.258 e. The molecule has 6 rings (SSSR count). The number of H-pyrrole nitrogens is 1. The number of rotatable bonds is 4. The van der Waals surface area contributed by atoms with Crippen molar-refractivity contribution in [1.29, 1.82) is 0 Å². The first kappa shape index (κ1) is 19.0. The Labute approximate surface area is 185 Å². The number of aromatic nitrogens is 4. The molecule has 0 aliphatic carbocycles. The summed E-state index contributed by atoms with van der Waals surface area (Å²) in [5, 5.41) is 5.06. The highest BCUT2D eigenvalue weighted by Crippen LogP contribution is 2.42. The highest BCUT2D eigenvalue weighted by molar-refractivity contribution is 5.88. The van der Waals surface area contributed by atoms with Crippen molar-refractivity contribution in [1.82, 2.24) is 25.0 Å². The first-order chi connectivity index (χ1) is 15.6. The van der Waals surface area contributed by atoms with Crippen molar-refractivity contribution < 1.29 is 9.32 Å². The van der Waals surface area contributed by atoms with E-state index in [0.29, 0.717) is 24.8 Å². The zero-order valence-corrected chi connectivity index (χ0v) is 17.9. The van der Waals surface area contributed by atoms with Crippen molar-refractivity contribution in [2.24, 2.45) is 5.41 Å². The number of anilines is 1. The summed E-state index contributed by atoms with van der Waals surface area (Å²) in [6, 6.07) is 12.1. The first-order valence-corrected chi connectivity index (χ1v) is 11.0. The highest BCUT2D eigenvalue weighted by Gasteiger charge is 2.51. The van der Waals surface area contributed by atoms with Gasteiger partial charge in [-0.1, -0.05) is 23.4 Å². The maximum Gasteiger partial charge on any atom is 0.258 e. The number of nitrogens with zero attached hydrogens (tertiary/aromatic N) is 5. The van der Waals surface area contributed by atoms with Gasteiger partial charge in [0.15, 0.2) is 5.82 Å². The van der Waals surface area contributed by atoms with Crippen LogP contribution in [-0.4, -0.2) is 50.5 Å². The Hall–Kier alpha value is -3.68. The summed E-state index contributed by atoms with van der Waals surface area (Å²) in [6.07, 6.45) is 5.52. The molecule has 0 radical (unpaired) electrons. The van der Waals surface area contributed by atoms with E-state index in [1.807, 2.05) is 35.4 Å². The fourth-order valence-electron chi connectivity index (χ4n) is 5.10. The molecular formula is C24H24N6O2. The molecule has 1 N–H and O–H groups in total. The summed E-state index contributed by atoms with van der Waals surface area (Å²) in [5.41, 5.74) is 2.80. The van der Waals surface area contributed by atoms with Crippen LogP contribution in [0.15, 0.2) is 53.3 Å². The van der Waals surface area contributed by atoms with Crippen LogP contribution in [-0.2, 0) is 11.3 Å². The fourth-order valence-corrected chi connectivity index (χ4v) is 5.10. The summed E-state index contributed by atoms with van der Waals surface area (Å²) in [6.45, 7) is 4.74. The molecule has 0 bridgehead atoms. The lowest BCUT2D eigenvalue weighted by molar-refractivity contribution is -0.135. The molecule has 3 aromatic heterocycles. The lowest BCUT2D eigenvalue weighted by Crippen LogP contribution is -2.36. The molecule has 1 unspecified atom stereocenters. The van der Waals surface area contributed by atoms with Gasteiger partial charge in [0, 0.05) is 55.0 Å².